The summed E-state index contributed by atoms with van der Waals surface area (Å²) in [4.78, 5) is 13.3. The third-order valence-corrected chi connectivity index (χ3v) is 3.01. The first kappa shape index (κ1) is 11.4. The van der Waals surface area contributed by atoms with Crippen molar-refractivity contribution >= 4 is 17.5 Å². The van der Waals surface area contributed by atoms with Crippen LogP contribution in [0.1, 0.15) is 5.56 Å². The Morgan fingerprint density at radius 2 is 2.25 bits per heavy atom. The highest BCUT2D eigenvalue weighted by atomic mass is 35.5. The van der Waals surface area contributed by atoms with Crippen LogP contribution in [0.25, 0.3) is 0 Å². The Bertz CT molecular complexity index is 398. The van der Waals surface area contributed by atoms with Gasteiger partial charge in [0.25, 0.3) is 0 Å². The maximum Gasteiger partial charge on any atom is 0.227 e. The van der Waals surface area contributed by atoms with E-state index in [-0.39, 0.29) is 29.0 Å². The molecule has 1 aliphatic heterocycles. The first-order chi connectivity index (χ1) is 7.58. The van der Waals surface area contributed by atoms with E-state index in [1.807, 2.05) is 0 Å². The van der Waals surface area contributed by atoms with Crippen molar-refractivity contribution in [3.63, 3.8) is 0 Å². The van der Waals surface area contributed by atoms with Crippen molar-refractivity contribution in [1.29, 1.82) is 0 Å². The van der Waals surface area contributed by atoms with Crippen LogP contribution in [0.4, 0.5) is 4.39 Å². The van der Waals surface area contributed by atoms with Gasteiger partial charge >= 0.3 is 0 Å². The molecule has 1 heterocycles. The summed E-state index contributed by atoms with van der Waals surface area (Å²) in [5.41, 5.74) is 5.82. The van der Waals surface area contributed by atoms with Crippen LogP contribution >= 0.6 is 11.6 Å². The number of carbonyl (C=O) groups is 1. The van der Waals surface area contributed by atoms with E-state index < -0.39 is 5.82 Å². The van der Waals surface area contributed by atoms with E-state index in [9.17, 15) is 9.18 Å². The van der Waals surface area contributed by atoms with Gasteiger partial charge in [-0.15, -0.1) is 0 Å². The lowest BCUT2D eigenvalue weighted by molar-refractivity contribution is -0.134. The monoisotopic (exact) mass is 242 g/mol. The number of halogens is 2. The summed E-state index contributed by atoms with van der Waals surface area (Å²) >= 11 is 5.83. The molecule has 86 valence electrons. The van der Waals surface area contributed by atoms with Crippen molar-refractivity contribution in [3.8, 4) is 0 Å². The number of carbonyl (C=O) groups excluding carboxylic acids is 1. The molecule has 1 fully saturated rings. The highest BCUT2D eigenvalue weighted by molar-refractivity contribution is 6.31. The second-order valence-electron chi connectivity index (χ2n) is 3.94. The molecule has 0 bridgehead atoms. The normalized spacial score (nSPS) is 16.1. The minimum Gasteiger partial charge on any atom is -0.339 e. The lowest BCUT2D eigenvalue weighted by Gasteiger charge is -2.37. The minimum absolute atomic E-state index is 0.00176. The quantitative estimate of drug-likeness (QED) is 0.847. The van der Waals surface area contributed by atoms with E-state index >= 15 is 0 Å². The molecule has 0 unspecified atom stereocenters. The van der Waals surface area contributed by atoms with Crippen LogP contribution in [0.15, 0.2) is 18.2 Å². The Hall–Kier alpha value is -1.13. The summed E-state index contributed by atoms with van der Waals surface area (Å²) in [6.07, 6.45) is -0.00176. The van der Waals surface area contributed by atoms with Crippen LogP contribution < -0.4 is 5.73 Å². The highest BCUT2D eigenvalue weighted by Crippen LogP contribution is 2.21. The number of hydrogen-bond acceptors (Lipinski definition) is 2. The van der Waals surface area contributed by atoms with Gasteiger partial charge < -0.3 is 10.6 Å². The average Bonchev–Trinajstić information content (AvgIpc) is 2.19. The smallest absolute Gasteiger partial charge is 0.227 e. The molecule has 5 heteroatoms. The van der Waals surface area contributed by atoms with E-state index in [2.05, 4.69) is 0 Å². The number of nitrogens with zero attached hydrogens (tertiary/aromatic N) is 1. The van der Waals surface area contributed by atoms with Gasteiger partial charge in [-0.1, -0.05) is 17.7 Å². The Morgan fingerprint density at radius 3 is 2.81 bits per heavy atom. The zero-order valence-corrected chi connectivity index (χ0v) is 9.38. The minimum atomic E-state index is -0.439. The predicted molar refractivity (Wildman–Crippen MR) is 59.7 cm³/mol. The van der Waals surface area contributed by atoms with Gasteiger partial charge in [-0.05, 0) is 12.1 Å². The van der Waals surface area contributed by atoms with Gasteiger partial charge in [-0.3, -0.25) is 4.79 Å². The average molecular weight is 243 g/mol. The molecule has 1 aromatic carbocycles. The van der Waals surface area contributed by atoms with Crippen molar-refractivity contribution < 1.29 is 9.18 Å². The van der Waals surface area contributed by atoms with Crippen LogP contribution in [0.3, 0.4) is 0 Å². The Balaban J connectivity index is 2.06. The summed E-state index contributed by atoms with van der Waals surface area (Å²) in [5, 5.41) is 0.290. The molecule has 1 aromatic rings. The zero-order valence-electron chi connectivity index (χ0n) is 8.62. The Morgan fingerprint density at radius 1 is 1.56 bits per heavy atom. The Labute approximate surface area is 98.0 Å². The maximum atomic E-state index is 13.4. The lowest BCUT2D eigenvalue weighted by atomic mass is 10.1. The number of benzene rings is 1. The van der Waals surface area contributed by atoms with Crippen molar-refractivity contribution in [2.24, 2.45) is 5.73 Å². The predicted octanol–water partition coefficient (Wildman–Crippen LogP) is 1.19. The van der Waals surface area contributed by atoms with Crippen LogP contribution in [0, 0.1) is 5.82 Å². The molecule has 1 amide bonds. The molecule has 0 radical (unpaired) electrons. The number of hydrogen-bond donors (Lipinski definition) is 1. The summed E-state index contributed by atoms with van der Waals surface area (Å²) in [7, 11) is 0. The molecule has 2 rings (SSSR count). The van der Waals surface area contributed by atoms with Crippen LogP contribution in [0.5, 0.6) is 0 Å². The molecule has 0 atom stereocenters. The van der Waals surface area contributed by atoms with E-state index in [0.29, 0.717) is 13.1 Å². The molecule has 1 saturated heterocycles. The maximum absolute atomic E-state index is 13.4. The molecule has 0 spiro atoms. The first-order valence-corrected chi connectivity index (χ1v) is 5.42. The Kier molecular flexibility index (Phi) is 3.12. The number of rotatable bonds is 2. The fraction of sp³-hybridized carbons (Fsp3) is 0.364. The fourth-order valence-electron chi connectivity index (χ4n) is 1.68. The number of likely N-dealkylation sites (tertiary alicyclic amines) is 1. The van der Waals surface area contributed by atoms with Gasteiger partial charge in [0.2, 0.25) is 5.91 Å². The summed E-state index contributed by atoms with van der Waals surface area (Å²) in [5.74, 6) is -0.570. The molecule has 0 aliphatic carbocycles. The molecule has 3 nitrogen and oxygen atoms in total. The molecule has 0 aromatic heterocycles. The molecular weight excluding hydrogens is 231 g/mol. The van der Waals surface area contributed by atoms with Crippen LogP contribution in [-0.4, -0.2) is 29.9 Å². The first-order valence-electron chi connectivity index (χ1n) is 5.04. The van der Waals surface area contributed by atoms with Gasteiger partial charge in [0.05, 0.1) is 6.42 Å². The van der Waals surface area contributed by atoms with Crippen LogP contribution in [0.2, 0.25) is 5.02 Å². The van der Waals surface area contributed by atoms with Crippen molar-refractivity contribution in [1.82, 2.24) is 4.90 Å². The van der Waals surface area contributed by atoms with E-state index in [4.69, 9.17) is 17.3 Å². The molecule has 16 heavy (non-hydrogen) atoms. The summed E-state index contributed by atoms with van der Waals surface area (Å²) in [6.45, 7) is 1.09. The molecular formula is C11H12ClFN2O. The fourth-order valence-corrected chi connectivity index (χ4v) is 1.91. The van der Waals surface area contributed by atoms with E-state index in [1.165, 1.54) is 12.1 Å². The van der Waals surface area contributed by atoms with E-state index in [0.717, 1.165) is 0 Å². The zero-order chi connectivity index (χ0) is 11.7. The number of amides is 1. The second-order valence-corrected chi connectivity index (χ2v) is 4.34. The summed E-state index contributed by atoms with van der Waals surface area (Å²) in [6, 6.07) is 4.46. The van der Waals surface area contributed by atoms with Crippen molar-refractivity contribution in [2.45, 2.75) is 12.5 Å². The molecule has 1 aliphatic rings. The van der Waals surface area contributed by atoms with Gasteiger partial charge in [0, 0.05) is 29.7 Å². The van der Waals surface area contributed by atoms with Crippen LogP contribution in [-0.2, 0) is 11.2 Å². The third-order valence-electron chi connectivity index (χ3n) is 2.65. The number of nitrogens with two attached hydrogens (primary N) is 1. The van der Waals surface area contributed by atoms with Gasteiger partial charge in [0.1, 0.15) is 5.82 Å². The van der Waals surface area contributed by atoms with Crippen molar-refractivity contribution in [2.75, 3.05) is 13.1 Å². The van der Waals surface area contributed by atoms with E-state index in [1.54, 1.807) is 11.0 Å². The molecule has 0 saturated carbocycles. The highest BCUT2D eigenvalue weighted by Gasteiger charge is 2.28. The van der Waals surface area contributed by atoms with Gasteiger partial charge in [0.15, 0.2) is 0 Å². The third kappa shape index (κ3) is 2.18. The van der Waals surface area contributed by atoms with Crippen molar-refractivity contribution in [3.05, 3.63) is 34.6 Å². The topological polar surface area (TPSA) is 46.3 Å². The standard InChI is InChI=1S/C11H12ClFN2O/c12-9-2-1-3-10(13)8(9)4-11(16)15-5-7(14)6-15/h1-3,7H,4-6,14H2. The lowest BCUT2D eigenvalue weighted by Crippen LogP contribution is -2.58. The SMILES string of the molecule is NC1CN(C(=O)Cc2c(F)cccc2Cl)C1. The second kappa shape index (κ2) is 4.39. The summed E-state index contributed by atoms with van der Waals surface area (Å²) < 4.78 is 13.4. The largest absolute Gasteiger partial charge is 0.339 e. The molecule has 2 N–H and O–H groups in total. The van der Waals surface area contributed by atoms with Gasteiger partial charge in [-0.25, -0.2) is 4.39 Å². The van der Waals surface area contributed by atoms with Gasteiger partial charge in [-0.2, -0.15) is 0 Å².